The fourth-order valence-electron chi connectivity index (χ4n) is 1.24. The van der Waals surface area contributed by atoms with Crippen molar-refractivity contribution in [3.05, 3.63) is 35.1 Å². The van der Waals surface area contributed by atoms with Crippen molar-refractivity contribution in [2.45, 2.75) is 19.9 Å². The van der Waals surface area contributed by atoms with Gasteiger partial charge in [0.05, 0.1) is 0 Å². The van der Waals surface area contributed by atoms with E-state index in [1.165, 1.54) is 6.07 Å². The second kappa shape index (κ2) is 5.46. The number of aryl methyl sites for hydroxylation is 1. The van der Waals surface area contributed by atoms with Crippen molar-refractivity contribution in [2.24, 2.45) is 5.73 Å². The van der Waals surface area contributed by atoms with Gasteiger partial charge in [-0.25, -0.2) is 4.39 Å². The number of hydrogen-bond donors (Lipinski definition) is 2. The van der Waals surface area contributed by atoms with E-state index in [-0.39, 0.29) is 11.7 Å². The van der Waals surface area contributed by atoms with Crippen LogP contribution in [0.25, 0.3) is 0 Å². The highest BCUT2D eigenvalue weighted by Crippen LogP contribution is 2.08. The molecule has 0 saturated heterocycles. The lowest BCUT2D eigenvalue weighted by molar-refractivity contribution is -0.121. The summed E-state index contributed by atoms with van der Waals surface area (Å²) in [5, 5.41) is 2.71. The van der Waals surface area contributed by atoms with Crippen molar-refractivity contribution in [3.63, 3.8) is 0 Å². The first-order valence-electron chi connectivity index (χ1n) is 4.85. The highest BCUT2D eigenvalue weighted by atomic mass is 19.1. The summed E-state index contributed by atoms with van der Waals surface area (Å²) in [6.45, 7) is 2.45. The normalized spacial score (nSPS) is 10.1. The van der Waals surface area contributed by atoms with Gasteiger partial charge >= 0.3 is 0 Å². The highest BCUT2D eigenvalue weighted by molar-refractivity contribution is 5.76. The summed E-state index contributed by atoms with van der Waals surface area (Å²) in [6.07, 6.45) is 0.320. The number of carbonyl (C=O) groups is 1. The molecule has 0 bridgehead atoms. The number of nitrogens with one attached hydrogen (secondary N) is 1. The largest absolute Gasteiger partial charge is 0.352 e. The van der Waals surface area contributed by atoms with Crippen molar-refractivity contribution in [2.75, 3.05) is 6.54 Å². The molecule has 1 aromatic carbocycles. The molecule has 0 radical (unpaired) electrons. The van der Waals surface area contributed by atoms with Crippen LogP contribution in [0.1, 0.15) is 17.5 Å². The fourth-order valence-corrected chi connectivity index (χ4v) is 1.24. The number of rotatable bonds is 4. The van der Waals surface area contributed by atoms with Crippen LogP contribution in [0.2, 0.25) is 0 Å². The Balaban J connectivity index is 2.51. The molecule has 0 heterocycles. The molecule has 1 amide bonds. The van der Waals surface area contributed by atoms with Crippen LogP contribution in [0, 0.1) is 12.7 Å². The SMILES string of the molecule is Cc1cc(CNC(=O)CCN)ccc1F. The van der Waals surface area contributed by atoms with Gasteiger partial charge in [-0.05, 0) is 24.1 Å². The first kappa shape index (κ1) is 11.7. The lowest BCUT2D eigenvalue weighted by Gasteiger charge is -2.05. The highest BCUT2D eigenvalue weighted by Gasteiger charge is 2.01. The Morgan fingerprint density at radius 2 is 2.27 bits per heavy atom. The molecule has 0 atom stereocenters. The van der Waals surface area contributed by atoms with Crippen LogP contribution < -0.4 is 11.1 Å². The van der Waals surface area contributed by atoms with Gasteiger partial charge < -0.3 is 11.1 Å². The molecule has 4 heteroatoms. The molecule has 3 N–H and O–H groups in total. The monoisotopic (exact) mass is 210 g/mol. The van der Waals surface area contributed by atoms with Gasteiger partial charge in [0.25, 0.3) is 0 Å². The van der Waals surface area contributed by atoms with E-state index >= 15 is 0 Å². The minimum atomic E-state index is -0.230. The zero-order valence-corrected chi connectivity index (χ0v) is 8.72. The van der Waals surface area contributed by atoms with Crippen molar-refractivity contribution < 1.29 is 9.18 Å². The summed E-state index contributed by atoms with van der Waals surface area (Å²) in [7, 11) is 0. The van der Waals surface area contributed by atoms with Crippen LogP contribution in [0.4, 0.5) is 4.39 Å². The van der Waals surface area contributed by atoms with E-state index < -0.39 is 0 Å². The number of nitrogens with two attached hydrogens (primary N) is 1. The molecule has 0 aliphatic carbocycles. The van der Waals surface area contributed by atoms with Crippen molar-refractivity contribution in [1.29, 1.82) is 0 Å². The van der Waals surface area contributed by atoms with Gasteiger partial charge in [-0.1, -0.05) is 12.1 Å². The summed E-state index contributed by atoms with van der Waals surface area (Å²) < 4.78 is 12.9. The van der Waals surface area contributed by atoms with Gasteiger partial charge in [0.15, 0.2) is 0 Å². The lowest BCUT2D eigenvalue weighted by Crippen LogP contribution is -2.25. The molecule has 0 fully saturated rings. The number of carbonyl (C=O) groups excluding carboxylic acids is 1. The maximum atomic E-state index is 12.9. The number of hydrogen-bond acceptors (Lipinski definition) is 2. The van der Waals surface area contributed by atoms with Gasteiger partial charge in [-0.15, -0.1) is 0 Å². The quantitative estimate of drug-likeness (QED) is 0.781. The standard InChI is InChI=1S/C11H15FN2O/c1-8-6-9(2-3-10(8)12)7-14-11(15)4-5-13/h2-3,6H,4-5,7,13H2,1H3,(H,14,15). The van der Waals surface area contributed by atoms with E-state index in [2.05, 4.69) is 5.32 Å². The van der Waals surface area contributed by atoms with E-state index in [9.17, 15) is 9.18 Å². The van der Waals surface area contributed by atoms with E-state index in [0.717, 1.165) is 5.56 Å². The zero-order valence-electron chi connectivity index (χ0n) is 8.72. The van der Waals surface area contributed by atoms with E-state index in [1.807, 2.05) is 0 Å². The minimum absolute atomic E-state index is 0.0838. The first-order valence-corrected chi connectivity index (χ1v) is 4.85. The van der Waals surface area contributed by atoms with Gasteiger partial charge in [-0.3, -0.25) is 4.79 Å². The van der Waals surface area contributed by atoms with E-state index in [1.54, 1.807) is 19.1 Å². The van der Waals surface area contributed by atoms with Crippen molar-refractivity contribution in [3.8, 4) is 0 Å². The topological polar surface area (TPSA) is 55.1 Å². The second-order valence-electron chi connectivity index (χ2n) is 3.40. The maximum Gasteiger partial charge on any atom is 0.221 e. The molecular formula is C11H15FN2O. The molecule has 15 heavy (non-hydrogen) atoms. The summed E-state index contributed by atoms with van der Waals surface area (Å²) in [6, 6.07) is 4.78. The Kier molecular flexibility index (Phi) is 4.24. The Bertz CT molecular complexity index is 352. The molecule has 0 unspecified atom stereocenters. The van der Waals surface area contributed by atoms with Crippen LogP contribution in [0.5, 0.6) is 0 Å². The minimum Gasteiger partial charge on any atom is -0.352 e. The zero-order chi connectivity index (χ0) is 11.3. The van der Waals surface area contributed by atoms with Gasteiger partial charge in [0.2, 0.25) is 5.91 Å². The predicted molar refractivity (Wildman–Crippen MR) is 56.7 cm³/mol. The third-order valence-corrected chi connectivity index (χ3v) is 2.08. The average molecular weight is 210 g/mol. The first-order chi connectivity index (χ1) is 7.13. The molecular weight excluding hydrogens is 195 g/mol. The third kappa shape index (κ3) is 3.67. The summed E-state index contributed by atoms with van der Waals surface area (Å²) in [5.41, 5.74) is 6.70. The van der Waals surface area contributed by atoms with Crippen LogP contribution in [-0.4, -0.2) is 12.5 Å². The predicted octanol–water partition coefficient (Wildman–Crippen LogP) is 1.10. The Hall–Kier alpha value is -1.42. The van der Waals surface area contributed by atoms with Gasteiger partial charge in [-0.2, -0.15) is 0 Å². The van der Waals surface area contributed by atoms with Crippen LogP contribution >= 0.6 is 0 Å². The molecule has 0 aliphatic heterocycles. The molecule has 0 aliphatic rings. The molecule has 0 aromatic heterocycles. The Morgan fingerprint density at radius 3 is 2.87 bits per heavy atom. The Labute approximate surface area is 88.5 Å². The molecule has 0 spiro atoms. The molecule has 82 valence electrons. The van der Waals surface area contributed by atoms with Crippen LogP contribution in [-0.2, 0) is 11.3 Å². The summed E-state index contributed by atoms with van der Waals surface area (Å²) in [4.78, 5) is 11.1. The van der Waals surface area contributed by atoms with Gasteiger partial charge in [0, 0.05) is 19.5 Å². The Morgan fingerprint density at radius 1 is 1.53 bits per heavy atom. The molecule has 1 aromatic rings. The van der Waals surface area contributed by atoms with Crippen LogP contribution in [0.3, 0.4) is 0 Å². The number of halogens is 1. The fraction of sp³-hybridized carbons (Fsp3) is 0.364. The lowest BCUT2D eigenvalue weighted by atomic mass is 10.1. The summed E-state index contributed by atoms with van der Waals surface area (Å²) in [5.74, 6) is -0.313. The second-order valence-corrected chi connectivity index (χ2v) is 3.40. The van der Waals surface area contributed by atoms with Gasteiger partial charge in [0.1, 0.15) is 5.82 Å². The van der Waals surface area contributed by atoms with Crippen LogP contribution in [0.15, 0.2) is 18.2 Å². The van der Waals surface area contributed by atoms with E-state index in [4.69, 9.17) is 5.73 Å². The number of benzene rings is 1. The molecule has 0 saturated carbocycles. The van der Waals surface area contributed by atoms with E-state index in [0.29, 0.717) is 25.1 Å². The molecule has 3 nitrogen and oxygen atoms in total. The van der Waals surface area contributed by atoms with Crippen molar-refractivity contribution >= 4 is 5.91 Å². The summed E-state index contributed by atoms with van der Waals surface area (Å²) >= 11 is 0. The molecule has 1 rings (SSSR count). The number of amides is 1. The third-order valence-electron chi connectivity index (χ3n) is 2.08. The maximum absolute atomic E-state index is 12.9. The average Bonchev–Trinajstić information content (AvgIpc) is 2.20. The van der Waals surface area contributed by atoms with Crippen molar-refractivity contribution in [1.82, 2.24) is 5.32 Å². The smallest absolute Gasteiger partial charge is 0.221 e.